The Morgan fingerprint density at radius 2 is 1.66 bits per heavy atom. The molecule has 0 aliphatic heterocycles. The number of nitrogens with zero attached hydrogens (tertiary/aromatic N) is 2. The SMILES string of the molecule is CCOC(CN(C(=O)C(Cc1ccc([N+](=O)[O-])cc1)NC(=O)C(CN)NC(=O)O)C(C)C)OCC. The van der Waals surface area contributed by atoms with Crippen LogP contribution in [-0.4, -0.2) is 83.6 Å². The van der Waals surface area contributed by atoms with Crippen LogP contribution >= 0.6 is 0 Å². The van der Waals surface area contributed by atoms with Crippen LogP contribution in [-0.2, 0) is 25.5 Å². The Morgan fingerprint density at radius 3 is 2.09 bits per heavy atom. The van der Waals surface area contributed by atoms with E-state index >= 15 is 0 Å². The van der Waals surface area contributed by atoms with Crippen LogP contribution < -0.4 is 16.4 Å². The summed E-state index contributed by atoms with van der Waals surface area (Å²) in [5.41, 5.74) is 5.97. The average molecular weight is 498 g/mol. The van der Waals surface area contributed by atoms with Crippen molar-refractivity contribution in [2.75, 3.05) is 26.3 Å². The molecule has 0 aromatic heterocycles. The molecule has 5 N–H and O–H groups in total. The van der Waals surface area contributed by atoms with Crippen LogP contribution in [0.1, 0.15) is 33.3 Å². The monoisotopic (exact) mass is 497 g/mol. The van der Waals surface area contributed by atoms with Crippen molar-refractivity contribution >= 4 is 23.6 Å². The predicted molar refractivity (Wildman–Crippen MR) is 127 cm³/mol. The van der Waals surface area contributed by atoms with Crippen molar-refractivity contribution in [3.8, 4) is 0 Å². The molecule has 0 aliphatic rings. The fourth-order valence-electron chi connectivity index (χ4n) is 3.28. The summed E-state index contributed by atoms with van der Waals surface area (Å²) in [7, 11) is 0. The molecule has 35 heavy (non-hydrogen) atoms. The number of carbonyl (C=O) groups excluding carboxylic acids is 2. The number of nitrogens with two attached hydrogens (primary N) is 1. The van der Waals surface area contributed by atoms with Gasteiger partial charge in [0.25, 0.3) is 5.69 Å². The molecule has 196 valence electrons. The molecule has 0 aliphatic carbocycles. The molecule has 1 aromatic rings. The number of ether oxygens (including phenoxy) is 2. The van der Waals surface area contributed by atoms with Gasteiger partial charge in [-0.05, 0) is 33.3 Å². The van der Waals surface area contributed by atoms with Crippen LogP contribution in [0.25, 0.3) is 0 Å². The highest BCUT2D eigenvalue weighted by Gasteiger charge is 2.32. The fraction of sp³-hybridized carbons (Fsp3) is 0.591. The summed E-state index contributed by atoms with van der Waals surface area (Å²) in [5.74, 6) is -1.23. The number of carbonyl (C=O) groups is 3. The number of hydrogen-bond acceptors (Lipinski definition) is 8. The van der Waals surface area contributed by atoms with E-state index in [9.17, 15) is 24.5 Å². The standard InChI is InChI=1S/C22H35N5O8/c1-5-34-19(35-6-2)13-26(14(3)4)21(29)17(24-20(28)18(12-23)25-22(30)31)11-15-7-9-16(10-8-15)27(32)33/h7-10,14,17-19,25H,5-6,11-13,23H2,1-4H3,(H,24,28)(H,30,31). The molecule has 0 saturated heterocycles. The maximum atomic E-state index is 13.6. The van der Waals surface area contributed by atoms with E-state index in [1.165, 1.54) is 29.2 Å². The summed E-state index contributed by atoms with van der Waals surface area (Å²) in [4.78, 5) is 49.3. The highest BCUT2D eigenvalue weighted by molar-refractivity contribution is 5.91. The van der Waals surface area contributed by atoms with Gasteiger partial charge in [-0.25, -0.2) is 4.79 Å². The number of nitro benzene ring substituents is 1. The van der Waals surface area contributed by atoms with Gasteiger partial charge in [-0.3, -0.25) is 19.7 Å². The number of nitrogens with one attached hydrogen (secondary N) is 2. The van der Waals surface area contributed by atoms with Gasteiger partial charge >= 0.3 is 6.09 Å². The Hall–Kier alpha value is -3.29. The normalized spacial score (nSPS) is 12.8. The minimum Gasteiger partial charge on any atom is -0.465 e. The van der Waals surface area contributed by atoms with Gasteiger partial charge in [-0.2, -0.15) is 0 Å². The summed E-state index contributed by atoms with van der Waals surface area (Å²) in [6, 6.07) is 2.91. The Labute approximate surface area is 204 Å². The highest BCUT2D eigenvalue weighted by Crippen LogP contribution is 2.15. The maximum absolute atomic E-state index is 13.6. The number of carboxylic acid groups (broad SMARTS) is 1. The summed E-state index contributed by atoms with van der Waals surface area (Å²) < 4.78 is 11.1. The van der Waals surface area contributed by atoms with Crippen molar-refractivity contribution in [2.24, 2.45) is 5.73 Å². The van der Waals surface area contributed by atoms with Crippen molar-refractivity contribution in [2.45, 2.75) is 58.5 Å². The van der Waals surface area contributed by atoms with E-state index in [4.69, 9.17) is 20.3 Å². The molecule has 3 amide bonds. The summed E-state index contributed by atoms with van der Waals surface area (Å²) in [6.45, 7) is 7.71. The summed E-state index contributed by atoms with van der Waals surface area (Å²) >= 11 is 0. The van der Waals surface area contributed by atoms with Gasteiger partial charge in [0.1, 0.15) is 12.1 Å². The second-order valence-corrected chi connectivity index (χ2v) is 7.85. The third kappa shape index (κ3) is 9.84. The van der Waals surface area contributed by atoms with Crippen LogP contribution in [0.15, 0.2) is 24.3 Å². The van der Waals surface area contributed by atoms with Gasteiger partial charge in [0.05, 0.1) is 11.5 Å². The molecular formula is C22H35N5O8. The minimum absolute atomic E-state index is 0.00405. The zero-order valence-electron chi connectivity index (χ0n) is 20.4. The van der Waals surface area contributed by atoms with Crippen molar-refractivity contribution in [3.05, 3.63) is 39.9 Å². The van der Waals surface area contributed by atoms with E-state index in [1.54, 1.807) is 27.7 Å². The second-order valence-electron chi connectivity index (χ2n) is 7.85. The minimum atomic E-state index is -1.44. The molecule has 1 rings (SSSR count). The Kier molecular flexibility index (Phi) is 12.6. The number of amides is 3. The van der Waals surface area contributed by atoms with E-state index < -0.39 is 41.2 Å². The Balaban J connectivity index is 3.24. The lowest BCUT2D eigenvalue weighted by molar-refractivity contribution is -0.384. The zero-order valence-corrected chi connectivity index (χ0v) is 20.4. The van der Waals surface area contributed by atoms with E-state index in [0.29, 0.717) is 18.8 Å². The number of nitro groups is 1. The van der Waals surface area contributed by atoms with Crippen LogP contribution in [0.2, 0.25) is 0 Å². The lowest BCUT2D eigenvalue weighted by Gasteiger charge is -2.34. The topological polar surface area (TPSA) is 186 Å². The van der Waals surface area contributed by atoms with Crippen LogP contribution in [0.4, 0.5) is 10.5 Å². The van der Waals surface area contributed by atoms with E-state index in [-0.39, 0.29) is 31.2 Å². The third-order valence-electron chi connectivity index (χ3n) is 5.01. The highest BCUT2D eigenvalue weighted by atomic mass is 16.7. The molecule has 2 atom stereocenters. The zero-order chi connectivity index (χ0) is 26.5. The average Bonchev–Trinajstić information content (AvgIpc) is 2.80. The van der Waals surface area contributed by atoms with Crippen molar-refractivity contribution in [3.63, 3.8) is 0 Å². The number of benzene rings is 1. The predicted octanol–water partition coefficient (Wildman–Crippen LogP) is 0.853. The summed E-state index contributed by atoms with van der Waals surface area (Å²) in [6.07, 6.45) is -2.11. The van der Waals surface area contributed by atoms with Crippen molar-refractivity contribution < 1.29 is 33.9 Å². The molecule has 0 radical (unpaired) electrons. The molecule has 0 bridgehead atoms. The molecule has 2 unspecified atom stereocenters. The lowest BCUT2D eigenvalue weighted by Crippen LogP contribution is -2.58. The van der Waals surface area contributed by atoms with Gasteiger partial charge in [0.15, 0.2) is 6.29 Å². The number of rotatable bonds is 15. The quantitative estimate of drug-likeness (QED) is 0.155. The van der Waals surface area contributed by atoms with Gasteiger partial charge in [0.2, 0.25) is 11.8 Å². The molecule has 1 aromatic carbocycles. The van der Waals surface area contributed by atoms with Gasteiger partial charge in [-0.1, -0.05) is 12.1 Å². The largest absolute Gasteiger partial charge is 0.465 e. The first-order valence-electron chi connectivity index (χ1n) is 11.3. The van der Waals surface area contributed by atoms with Crippen molar-refractivity contribution in [1.29, 1.82) is 0 Å². The van der Waals surface area contributed by atoms with Gasteiger partial charge < -0.3 is 35.8 Å². The molecule has 13 nitrogen and oxygen atoms in total. The lowest BCUT2D eigenvalue weighted by atomic mass is 10.0. The summed E-state index contributed by atoms with van der Waals surface area (Å²) in [5, 5.41) is 24.5. The Bertz CT molecular complexity index is 843. The molecule has 13 heteroatoms. The van der Waals surface area contributed by atoms with E-state index in [0.717, 1.165) is 0 Å². The van der Waals surface area contributed by atoms with Crippen LogP contribution in [0.3, 0.4) is 0 Å². The molecule has 0 saturated carbocycles. The third-order valence-corrected chi connectivity index (χ3v) is 5.01. The smallest absolute Gasteiger partial charge is 0.405 e. The molecule has 0 heterocycles. The second kappa shape index (κ2) is 14.9. The first kappa shape index (κ1) is 29.7. The van der Waals surface area contributed by atoms with Crippen LogP contribution in [0, 0.1) is 10.1 Å². The Morgan fingerprint density at radius 1 is 1.09 bits per heavy atom. The molecule has 0 spiro atoms. The van der Waals surface area contributed by atoms with E-state index in [1.807, 2.05) is 5.32 Å². The maximum Gasteiger partial charge on any atom is 0.405 e. The number of non-ortho nitro benzene ring substituents is 1. The fourth-order valence-corrected chi connectivity index (χ4v) is 3.28. The first-order chi connectivity index (χ1) is 16.5. The van der Waals surface area contributed by atoms with E-state index in [2.05, 4.69) is 5.32 Å². The van der Waals surface area contributed by atoms with Crippen LogP contribution in [0.5, 0.6) is 0 Å². The molecule has 0 fully saturated rings. The first-order valence-corrected chi connectivity index (χ1v) is 11.3. The number of hydrogen-bond donors (Lipinski definition) is 4. The molecular weight excluding hydrogens is 462 g/mol. The van der Waals surface area contributed by atoms with Gasteiger partial charge in [-0.15, -0.1) is 0 Å². The van der Waals surface area contributed by atoms with Gasteiger partial charge in [0, 0.05) is 44.4 Å². The van der Waals surface area contributed by atoms with Crippen molar-refractivity contribution in [1.82, 2.24) is 15.5 Å².